The van der Waals surface area contributed by atoms with Crippen LogP contribution < -0.4 is 9.64 Å². The quantitative estimate of drug-likeness (QED) is 0.387. The summed E-state index contributed by atoms with van der Waals surface area (Å²) in [6, 6.07) is 0. The molecule has 0 fully saturated rings. The molecule has 0 saturated heterocycles. The molecule has 3 rings (SSSR count). The summed E-state index contributed by atoms with van der Waals surface area (Å²) in [6.07, 6.45) is 2.11. The topological polar surface area (TPSA) is 80.7 Å². The maximum Gasteiger partial charge on any atom is 0.410 e. The Balaban J connectivity index is 1.96. The molecular weight excluding hydrogens is 433 g/mol. The lowest BCUT2D eigenvalue weighted by Crippen LogP contribution is -2.40. The fourth-order valence-corrected chi connectivity index (χ4v) is 3.48. The second-order valence-corrected chi connectivity index (χ2v) is 9.00. The van der Waals surface area contributed by atoms with Crippen molar-refractivity contribution < 1.29 is 18.7 Å². The SMILES string of the molecule is CSc1nc2c3c(nc(Cl)c(F)c3n1)OCCCN2CCN(C)C(=O)OC(C)(C)C. The van der Waals surface area contributed by atoms with E-state index in [1.165, 1.54) is 16.7 Å². The van der Waals surface area contributed by atoms with Gasteiger partial charge in [0.2, 0.25) is 5.88 Å². The molecule has 0 radical (unpaired) electrons. The summed E-state index contributed by atoms with van der Waals surface area (Å²) in [6.45, 7) is 7.35. The second-order valence-electron chi connectivity index (χ2n) is 7.87. The lowest BCUT2D eigenvalue weighted by molar-refractivity contribution is 0.0303. The molecular formula is C19H25ClFN5O3S. The highest BCUT2D eigenvalue weighted by atomic mass is 35.5. The van der Waals surface area contributed by atoms with Crippen LogP contribution in [0.4, 0.5) is 15.0 Å². The maximum atomic E-state index is 14.7. The van der Waals surface area contributed by atoms with Gasteiger partial charge in [0, 0.05) is 26.7 Å². The Labute approximate surface area is 184 Å². The van der Waals surface area contributed by atoms with Crippen molar-refractivity contribution in [1.29, 1.82) is 0 Å². The highest BCUT2D eigenvalue weighted by Crippen LogP contribution is 2.37. The van der Waals surface area contributed by atoms with Gasteiger partial charge < -0.3 is 19.3 Å². The lowest BCUT2D eigenvalue weighted by Gasteiger charge is -2.30. The molecule has 0 unspecified atom stereocenters. The molecule has 11 heteroatoms. The van der Waals surface area contributed by atoms with E-state index >= 15 is 0 Å². The highest BCUT2D eigenvalue weighted by Gasteiger charge is 2.26. The van der Waals surface area contributed by atoms with Crippen molar-refractivity contribution >= 4 is 46.2 Å². The molecule has 2 aromatic rings. The van der Waals surface area contributed by atoms with Crippen molar-refractivity contribution in [2.75, 3.05) is 44.4 Å². The lowest BCUT2D eigenvalue weighted by atomic mass is 10.2. The number of rotatable bonds is 4. The highest BCUT2D eigenvalue weighted by molar-refractivity contribution is 7.98. The predicted molar refractivity (Wildman–Crippen MR) is 115 cm³/mol. The zero-order valence-corrected chi connectivity index (χ0v) is 19.2. The van der Waals surface area contributed by atoms with Gasteiger partial charge in [-0.25, -0.2) is 19.2 Å². The molecule has 0 aromatic carbocycles. The van der Waals surface area contributed by atoms with E-state index in [0.717, 1.165) is 0 Å². The van der Waals surface area contributed by atoms with Crippen LogP contribution in [0.5, 0.6) is 5.88 Å². The second kappa shape index (κ2) is 8.97. The zero-order chi connectivity index (χ0) is 22.1. The number of amides is 1. The van der Waals surface area contributed by atoms with Gasteiger partial charge in [0.05, 0.1) is 6.61 Å². The molecule has 0 N–H and O–H groups in total. The van der Waals surface area contributed by atoms with Gasteiger partial charge in [-0.2, -0.15) is 4.98 Å². The van der Waals surface area contributed by atoms with Crippen LogP contribution in [0, 0.1) is 5.82 Å². The van der Waals surface area contributed by atoms with Crippen molar-refractivity contribution in [3.63, 3.8) is 0 Å². The van der Waals surface area contributed by atoms with Crippen molar-refractivity contribution in [2.24, 2.45) is 0 Å². The Hall–Kier alpha value is -2.07. The van der Waals surface area contributed by atoms with Gasteiger partial charge in [-0.3, -0.25) is 0 Å². The van der Waals surface area contributed by atoms with Gasteiger partial charge >= 0.3 is 6.09 Å². The number of nitrogens with zero attached hydrogens (tertiary/aromatic N) is 5. The van der Waals surface area contributed by atoms with Gasteiger partial charge in [-0.15, -0.1) is 0 Å². The summed E-state index contributed by atoms with van der Waals surface area (Å²) < 4.78 is 25.9. The van der Waals surface area contributed by atoms with Gasteiger partial charge in [0.15, 0.2) is 16.1 Å². The molecule has 164 valence electrons. The summed E-state index contributed by atoms with van der Waals surface area (Å²) in [5, 5.41) is 0.510. The molecule has 0 atom stereocenters. The van der Waals surface area contributed by atoms with Gasteiger partial charge in [0.25, 0.3) is 0 Å². The largest absolute Gasteiger partial charge is 0.477 e. The first-order valence-electron chi connectivity index (χ1n) is 9.53. The van der Waals surface area contributed by atoms with Crippen molar-refractivity contribution in [2.45, 2.75) is 37.9 Å². The van der Waals surface area contributed by atoms with Crippen molar-refractivity contribution in [3.8, 4) is 5.88 Å². The average molecular weight is 458 g/mol. The number of hydrogen-bond acceptors (Lipinski definition) is 8. The third-order valence-electron chi connectivity index (χ3n) is 4.38. The van der Waals surface area contributed by atoms with E-state index in [2.05, 4.69) is 15.0 Å². The number of likely N-dealkylation sites (N-methyl/N-ethyl adjacent to an activating group) is 1. The van der Waals surface area contributed by atoms with Crippen LogP contribution >= 0.6 is 23.4 Å². The van der Waals surface area contributed by atoms with Crippen LogP contribution in [-0.2, 0) is 4.74 Å². The van der Waals surface area contributed by atoms with Crippen LogP contribution in [0.2, 0.25) is 5.15 Å². The molecule has 0 saturated carbocycles. The first kappa shape index (κ1) is 22.6. The van der Waals surface area contributed by atoms with E-state index < -0.39 is 17.5 Å². The van der Waals surface area contributed by atoms with Crippen LogP contribution in [0.1, 0.15) is 27.2 Å². The molecule has 1 aliphatic heterocycles. The number of carbonyl (C=O) groups excluding carboxylic acids is 1. The van der Waals surface area contributed by atoms with E-state index in [-0.39, 0.29) is 16.5 Å². The summed E-state index contributed by atoms with van der Waals surface area (Å²) >= 11 is 7.26. The number of thioether (sulfide) groups is 1. The third kappa shape index (κ3) is 4.97. The Morgan fingerprint density at radius 1 is 1.37 bits per heavy atom. The molecule has 0 aliphatic carbocycles. The van der Waals surface area contributed by atoms with Crippen LogP contribution in [0.25, 0.3) is 10.9 Å². The molecule has 8 nitrogen and oxygen atoms in total. The van der Waals surface area contributed by atoms with E-state index in [4.69, 9.17) is 21.1 Å². The minimum absolute atomic E-state index is 0.0757. The number of anilines is 1. The molecule has 2 aromatic heterocycles. The zero-order valence-electron chi connectivity index (χ0n) is 17.7. The number of aromatic nitrogens is 3. The van der Waals surface area contributed by atoms with Crippen molar-refractivity contribution in [1.82, 2.24) is 19.9 Å². The minimum Gasteiger partial charge on any atom is -0.477 e. The number of hydrogen-bond donors (Lipinski definition) is 0. The fourth-order valence-electron chi connectivity index (χ4n) is 2.95. The summed E-state index contributed by atoms with van der Waals surface area (Å²) in [4.78, 5) is 28.7. The minimum atomic E-state index is -0.704. The Bertz CT molecular complexity index is 956. The first-order chi connectivity index (χ1) is 14.1. The maximum absolute atomic E-state index is 14.7. The van der Waals surface area contributed by atoms with Gasteiger partial charge in [-0.1, -0.05) is 23.4 Å². The van der Waals surface area contributed by atoms with E-state index in [1.807, 2.05) is 31.9 Å². The summed E-state index contributed by atoms with van der Waals surface area (Å²) in [7, 11) is 1.68. The third-order valence-corrected chi connectivity index (χ3v) is 5.17. The van der Waals surface area contributed by atoms with Crippen molar-refractivity contribution in [3.05, 3.63) is 11.0 Å². The summed E-state index contributed by atoms with van der Waals surface area (Å²) in [5.41, 5.74) is -0.497. The molecule has 30 heavy (non-hydrogen) atoms. The van der Waals surface area contributed by atoms with Gasteiger partial charge in [0.1, 0.15) is 22.3 Å². The summed E-state index contributed by atoms with van der Waals surface area (Å²) in [5.74, 6) is 0.0216. The smallest absolute Gasteiger partial charge is 0.410 e. The predicted octanol–water partition coefficient (Wildman–Crippen LogP) is 4.00. The number of ether oxygens (including phenoxy) is 2. The molecule has 1 aliphatic rings. The molecule has 3 heterocycles. The Kier molecular flexibility index (Phi) is 6.76. The monoisotopic (exact) mass is 457 g/mol. The molecule has 0 spiro atoms. The van der Waals surface area contributed by atoms with Crippen LogP contribution in [-0.4, -0.2) is 71.1 Å². The van der Waals surface area contributed by atoms with Crippen LogP contribution in [0.3, 0.4) is 0 Å². The van der Waals surface area contributed by atoms with E-state index in [1.54, 1.807) is 7.05 Å². The standard InChI is InChI=1S/C19H25ClFN5O3S/c1-19(2,3)29-18(27)25(4)8-9-26-7-6-10-28-16-11-13(12(21)14(20)23-16)22-17(30-5)24-15(11)26/h6-10H2,1-5H3. The Morgan fingerprint density at radius 2 is 2.10 bits per heavy atom. The number of carbonyl (C=O) groups is 1. The van der Waals surface area contributed by atoms with E-state index in [9.17, 15) is 9.18 Å². The fraction of sp³-hybridized carbons (Fsp3) is 0.579. The number of halogens is 2. The normalized spacial score (nSPS) is 14.2. The van der Waals surface area contributed by atoms with Crippen LogP contribution in [0.15, 0.2) is 5.16 Å². The number of pyridine rings is 1. The van der Waals surface area contributed by atoms with E-state index in [0.29, 0.717) is 49.0 Å². The average Bonchev–Trinajstić information content (AvgIpc) is 2.67. The van der Waals surface area contributed by atoms with Gasteiger partial charge in [-0.05, 0) is 33.4 Å². The Morgan fingerprint density at radius 3 is 2.77 bits per heavy atom. The molecule has 0 bridgehead atoms. The molecule has 1 amide bonds. The first-order valence-corrected chi connectivity index (χ1v) is 11.1.